The Kier molecular flexibility index (Phi) is 6.03. The van der Waals surface area contributed by atoms with Gasteiger partial charge in [-0.15, -0.1) is 0 Å². The first-order chi connectivity index (χ1) is 8.67. The second-order valence-corrected chi connectivity index (χ2v) is 4.05. The zero-order valence-corrected chi connectivity index (χ0v) is 10.9. The maximum Gasteiger partial charge on any atom is 0.344 e. The molecule has 0 fully saturated rings. The molecule has 18 heavy (non-hydrogen) atoms. The van der Waals surface area contributed by atoms with Gasteiger partial charge in [-0.1, -0.05) is 24.9 Å². The minimum Gasteiger partial charge on any atom is -0.480 e. The van der Waals surface area contributed by atoms with Gasteiger partial charge in [0.05, 0.1) is 12.2 Å². The average molecular weight is 268 g/mol. The maximum atomic E-state index is 11.3. The number of hydrogen-bond acceptors (Lipinski definition) is 4. The van der Waals surface area contributed by atoms with Gasteiger partial charge in [-0.25, -0.2) is 4.79 Å². The van der Waals surface area contributed by atoms with Crippen molar-refractivity contribution in [1.82, 2.24) is 0 Å². The molecular formula is C13H14ClNO3. The lowest BCUT2D eigenvalue weighted by atomic mass is 10.2. The van der Waals surface area contributed by atoms with E-state index in [1.807, 2.05) is 13.0 Å². The maximum absolute atomic E-state index is 11.3. The van der Waals surface area contributed by atoms with Crippen LogP contribution in [0.25, 0.3) is 0 Å². The molecule has 0 N–H and O–H groups in total. The van der Waals surface area contributed by atoms with Crippen molar-refractivity contribution in [3.63, 3.8) is 0 Å². The number of halogens is 1. The molecule has 0 atom stereocenters. The molecule has 0 amide bonds. The van der Waals surface area contributed by atoms with E-state index in [-0.39, 0.29) is 12.4 Å². The molecule has 4 nitrogen and oxygen atoms in total. The van der Waals surface area contributed by atoms with Gasteiger partial charge in [0.15, 0.2) is 6.61 Å². The molecule has 1 aromatic carbocycles. The largest absolute Gasteiger partial charge is 0.480 e. The number of nitriles is 1. The lowest BCUT2D eigenvalue weighted by Gasteiger charge is -2.08. The molecule has 0 aliphatic rings. The first-order valence-corrected chi connectivity index (χ1v) is 6.03. The second-order valence-electron chi connectivity index (χ2n) is 3.61. The van der Waals surface area contributed by atoms with E-state index in [0.717, 1.165) is 12.8 Å². The number of unbranched alkanes of at least 4 members (excludes halogenated alkanes) is 1. The molecule has 0 saturated carbocycles. The lowest BCUT2D eigenvalue weighted by molar-refractivity contribution is -0.146. The molecule has 0 saturated heterocycles. The molecule has 0 bridgehead atoms. The van der Waals surface area contributed by atoms with Crippen molar-refractivity contribution >= 4 is 17.6 Å². The first kappa shape index (κ1) is 14.3. The van der Waals surface area contributed by atoms with Gasteiger partial charge in [-0.05, 0) is 18.6 Å². The topological polar surface area (TPSA) is 59.3 Å². The Morgan fingerprint density at radius 2 is 2.28 bits per heavy atom. The third-order valence-electron chi connectivity index (χ3n) is 2.17. The normalized spacial score (nSPS) is 9.61. The summed E-state index contributed by atoms with van der Waals surface area (Å²) in [5.41, 5.74) is 0.334. The van der Waals surface area contributed by atoms with Crippen molar-refractivity contribution in [3.05, 3.63) is 28.8 Å². The molecule has 1 aromatic rings. The Morgan fingerprint density at radius 1 is 1.50 bits per heavy atom. The molecule has 1 rings (SSSR count). The summed E-state index contributed by atoms with van der Waals surface area (Å²) >= 11 is 5.79. The van der Waals surface area contributed by atoms with Crippen LogP contribution in [0.3, 0.4) is 0 Å². The summed E-state index contributed by atoms with van der Waals surface area (Å²) in [7, 11) is 0. The van der Waals surface area contributed by atoms with Crippen molar-refractivity contribution in [3.8, 4) is 11.8 Å². The highest BCUT2D eigenvalue weighted by Crippen LogP contribution is 2.22. The van der Waals surface area contributed by atoms with E-state index in [1.165, 1.54) is 6.07 Å². The molecule has 0 aliphatic carbocycles. The van der Waals surface area contributed by atoms with Crippen LogP contribution in [0.1, 0.15) is 25.3 Å². The molecular weight excluding hydrogens is 254 g/mol. The molecule has 96 valence electrons. The van der Waals surface area contributed by atoms with Crippen LogP contribution in [-0.4, -0.2) is 19.2 Å². The van der Waals surface area contributed by atoms with E-state index in [2.05, 4.69) is 0 Å². The van der Waals surface area contributed by atoms with Gasteiger partial charge in [0, 0.05) is 11.1 Å². The zero-order chi connectivity index (χ0) is 13.4. The van der Waals surface area contributed by atoms with Crippen molar-refractivity contribution in [2.24, 2.45) is 0 Å². The molecule has 0 aliphatic heterocycles. The van der Waals surface area contributed by atoms with Crippen LogP contribution in [0.15, 0.2) is 18.2 Å². The highest BCUT2D eigenvalue weighted by molar-refractivity contribution is 6.30. The highest BCUT2D eigenvalue weighted by atomic mass is 35.5. The first-order valence-electron chi connectivity index (χ1n) is 5.65. The summed E-state index contributed by atoms with van der Waals surface area (Å²) in [6.45, 7) is 2.17. The van der Waals surface area contributed by atoms with E-state index in [9.17, 15) is 4.79 Å². The summed E-state index contributed by atoms with van der Waals surface area (Å²) in [6, 6.07) is 6.59. The van der Waals surface area contributed by atoms with Crippen LogP contribution in [0.4, 0.5) is 0 Å². The van der Waals surface area contributed by atoms with Crippen LogP contribution in [0.2, 0.25) is 5.02 Å². The molecule has 5 heteroatoms. The molecule has 0 aromatic heterocycles. The second kappa shape index (κ2) is 7.57. The van der Waals surface area contributed by atoms with Crippen LogP contribution in [-0.2, 0) is 9.53 Å². The van der Waals surface area contributed by atoms with Gasteiger partial charge < -0.3 is 9.47 Å². The predicted molar refractivity (Wildman–Crippen MR) is 67.5 cm³/mol. The number of rotatable bonds is 6. The fourth-order valence-electron chi connectivity index (χ4n) is 1.22. The quantitative estimate of drug-likeness (QED) is 0.587. The number of carbonyl (C=O) groups excluding carboxylic acids is 1. The summed E-state index contributed by atoms with van der Waals surface area (Å²) < 4.78 is 10.1. The number of hydrogen-bond donors (Lipinski definition) is 0. The third-order valence-corrected chi connectivity index (χ3v) is 2.41. The Bertz CT molecular complexity index is 454. The Balaban J connectivity index is 2.50. The van der Waals surface area contributed by atoms with Crippen molar-refractivity contribution in [1.29, 1.82) is 5.26 Å². The molecule has 0 spiro atoms. The monoisotopic (exact) mass is 267 g/mol. The highest BCUT2D eigenvalue weighted by Gasteiger charge is 2.08. The predicted octanol–water partition coefficient (Wildman–Crippen LogP) is 2.93. The fraction of sp³-hybridized carbons (Fsp3) is 0.385. The number of esters is 1. The number of nitrogens with zero attached hydrogens (tertiary/aromatic N) is 1. The molecule has 0 unspecified atom stereocenters. The van der Waals surface area contributed by atoms with E-state index in [1.54, 1.807) is 12.1 Å². The van der Waals surface area contributed by atoms with Gasteiger partial charge in [0.1, 0.15) is 11.8 Å². The fourth-order valence-corrected chi connectivity index (χ4v) is 1.38. The van der Waals surface area contributed by atoms with E-state index < -0.39 is 5.97 Å². The van der Waals surface area contributed by atoms with E-state index in [4.69, 9.17) is 26.3 Å². The van der Waals surface area contributed by atoms with Crippen LogP contribution >= 0.6 is 11.6 Å². The van der Waals surface area contributed by atoms with E-state index >= 15 is 0 Å². The van der Waals surface area contributed by atoms with Gasteiger partial charge in [-0.3, -0.25) is 0 Å². The zero-order valence-electron chi connectivity index (χ0n) is 10.1. The molecule has 0 heterocycles. The molecule has 0 radical (unpaired) electrons. The standard InChI is InChI=1S/C13H14ClNO3/c1-2-3-6-17-13(16)9-18-12-7-11(14)5-4-10(12)8-15/h4-5,7H,2-3,6,9H2,1H3. The van der Waals surface area contributed by atoms with Gasteiger partial charge in [-0.2, -0.15) is 5.26 Å². The Morgan fingerprint density at radius 3 is 2.94 bits per heavy atom. The smallest absolute Gasteiger partial charge is 0.344 e. The van der Waals surface area contributed by atoms with Gasteiger partial charge in [0.25, 0.3) is 0 Å². The van der Waals surface area contributed by atoms with Gasteiger partial charge >= 0.3 is 5.97 Å². The minimum absolute atomic E-state index is 0.223. The Hall–Kier alpha value is -1.73. The number of benzene rings is 1. The lowest BCUT2D eigenvalue weighted by Crippen LogP contribution is -2.15. The summed E-state index contributed by atoms with van der Waals surface area (Å²) in [5.74, 6) is -0.162. The SMILES string of the molecule is CCCCOC(=O)COc1cc(Cl)ccc1C#N. The summed E-state index contributed by atoms with van der Waals surface area (Å²) in [6.07, 6.45) is 1.79. The van der Waals surface area contributed by atoms with E-state index in [0.29, 0.717) is 17.2 Å². The van der Waals surface area contributed by atoms with Crippen molar-refractivity contribution in [2.45, 2.75) is 19.8 Å². The summed E-state index contributed by atoms with van der Waals surface area (Å²) in [5, 5.41) is 9.31. The average Bonchev–Trinajstić information content (AvgIpc) is 2.37. The minimum atomic E-state index is -0.452. The third kappa shape index (κ3) is 4.64. The van der Waals surface area contributed by atoms with Crippen LogP contribution in [0, 0.1) is 11.3 Å². The van der Waals surface area contributed by atoms with Crippen LogP contribution < -0.4 is 4.74 Å². The van der Waals surface area contributed by atoms with Crippen molar-refractivity contribution in [2.75, 3.05) is 13.2 Å². The van der Waals surface area contributed by atoms with Crippen molar-refractivity contribution < 1.29 is 14.3 Å². The Labute approximate surface area is 111 Å². The number of carbonyl (C=O) groups is 1. The number of ether oxygens (including phenoxy) is 2. The summed E-state index contributed by atoms with van der Waals surface area (Å²) in [4.78, 5) is 11.3. The van der Waals surface area contributed by atoms with Gasteiger partial charge in [0.2, 0.25) is 0 Å². The van der Waals surface area contributed by atoms with Crippen LogP contribution in [0.5, 0.6) is 5.75 Å².